The molecule has 4 aromatic rings. The van der Waals surface area contributed by atoms with Crippen LogP contribution in [0.25, 0.3) is 11.4 Å². The second kappa shape index (κ2) is 12.7. The van der Waals surface area contributed by atoms with Crippen LogP contribution in [0.3, 0.4) is 0 Å². The molecule has 1 atom stereocenters. The standard InChI is InChI=1S/C30H30ClN5O3/c31-25-14-6-4-12-23(25)28-34-27(39-35-28)20-36-18-8-11-22(19-36)29(37)33-26-15-7-5-13-24(26)30(38)32-17-16-21-9-2-1-3-10-21/h1-7,9-10,12-15,22H,8,11,16-20H2,(H,32,38)(H,33,37). The summed E-state index contributed by atoms with van der Waals surface area (Å²) < 4.78 is 5.46. The first-order chi connectivity index (χ1) is 19.1. The van der Waals surface area contributed by atoms with Gasteiger partial charge in [0.1, 0.15) is 0 Å². The van der Waals surface area contributed by atoms with Crippen molar-refractivity contribution >= 4 is 29.1 Å². The summed E-state index contributed by atoms with van der Waals surface area (Å²) in [7, 11) is 0. The van der Waals surface area contributed by atoms with Crippen LogP contribution in [-0.4, -0.2) is 46.5 Å². The van der Waals surface area contributed by atoms with Gasteiger partial charge in [0.2, 0.25) is 17.6 Å². The number of aromatic nitrogens is 2. The molecule has 3 aromatic carbocycles. The van der Waals surface area contributed by atoms with E-state index in [-0.39, 0.29) is 17.7 Å². The maximum Gasteiger partial charge on any atom is 0.253 e. The largest absolute Gasteiger partial charge is 0.352 e. The van der Waals surface area contributed by atoms with Crippen LogP contribution in [0.5, 0.6) is 0 Å². The van der Waals surface area contributed by atoms with Gasteiger partial charge in [-0.05, 0) is 55.6 Å². The molecule has 1 saturated heterocycles. The van der Waals surface area contributed by atoms with Crippen molar-refractivity contribution in [1.29, 1.82) is 0 Å². The average Bonchev–Trinajstić information content (AvgIpc) is 3.42. The van der Waals surface area contributed by atoms with E-state index in [1.807, 2.05) is 54.6 Å². The molecule has 1 aliphatic rings. The molecule has 200 valence electrons. The molecule has 5 rings (SSSR count). The minimum atomic E-state index is -0.223. The molecule has 2 N–H and O–H groups in total. The molecule has 0 spiro atoms. The smallest absolute Gasteiger partial charge is 0.253 e. The Morgan fingerprint density at radius 3 is 2.62 bits per heavy atom. The molecule has 2 amide bonds. The van der Waals surface area contributed by atoms with Crippen LogP contribution >= 0.6 is 11.6 Å². The fourth-order valence-corrected chi connectivity index (χ4v) is 4.98. The van der Waals surface area contributed by atoms with Crippen LogP contribution in [0.2, 0.25) is 5.02 Å². The summed E-state index contributed by atoms with van der Waals surface area (Å²) in [6.07, 6.45) is 2.37. The lowest BCUT2D eigenvalue weighted by molar-refractivity contribution is -0.121. The summed E-state index contributed by atoms with van der Waals surface area (Å²) in [5.41, 5.74) is 2.83. The molecule has 0 bridgehead atoms. The second-order valence-corrected chi connectivity index (χ2v) is 10.00. The lowest BCUT2D eigenvalue weighted by Gasteiger charge is -2.31. The van der Waals surface area contributed by atoms with Gasteiger partial charge >= 0.3 is 0 Å². The first kappa shape index (κ1) is 26.6. The predicted molar refractivity (Wildman–Crippen MR) is 150 cm³/mol. The first-order valence-corrected chi connectivity index (χ1v) is 13.5. The zero-order valence-electron chi connectivity index (χ0n) is 21.5. The zero-order valence-corrected chi connectivity index (χ0v) is 22.2. The zero-order chi connectivity index (χ0) is 27.0. The van der Waals surface area contributed by atoms with Crippen LogP contribution in [0, 0.1) is 5.92 Å². The number of halogens is 1. The number of rotatable bonds is 9. The number of nitrogens with one attached hydrogen (secondary N) is 2. The Morgan fingerprint density at radius 2 is 1.77 bits per heavy atom. The molecule has 1 unspecified atom stereocenters. The molecule has 1 aliphatic heterocycles. The van der Waals surface area contributed by atoms with Crippen LogP contribution in [-0.2, 0) is 17.8 Å². The number of benzene rings is 3. The first-order valence-electron chi connectivity index (χ1n) is 13.1. The van der Waals surface area contributed by atoms with Crippen LogP contribution in [0.4, 0.5) is 5.69 Å². The van der Waals surface area contributed by atoms with Gasteiger partial charge in [-0.15, -0.1) is 0 Å². The highest BCUT2D eigenvalue weighted by Gasteiger charge is 2.28. The van der Waals surface area contributed by atoms with Crippen molar-refractivity contribution in [1.82, 2.24) is 20.4 Å². The molecule has 0 aliphatic carbocycles. The van der Waals surface area contributed by atoms with Crippen molar-refractivity contribution in [3.8, 4) is 11.4 Å². The lowest BCUT2D eigenvalue weighted by Crippen LogP contribution is -2.40. The van der Waals surface area contributed by atoms with Gasteiger partial charge in [-0.25, -0.2) is 0 Å². The summed E-state index contributed by atoms with van der Waals surface area (Å²) in [4.78, 5) is 32.8. The van der Waals surface area contributed by atoms with Crippen LogP contribution < -0.4 is 10.6 Å². The van der Waals surface area contributed by atoms with Crippen molar-refractivity contribution in [2.75, 3.05) is 25.0 Å². The molecule has 39 heavy (non-hydrogen) atoms. The number of carbonyl (C=O) groups is 2. The van der Waals surface area contributed by atoms with Gasteiger partial charge in [-0.1, -0.05) is 71.4 Å². The Bertz CT molecular complexity index is 1420. The van der Waals surface area contributed by atoms with Crippen molar-refractivity contribution in [2.45, 2.75) is 25.8 Å². The molecule has 8 nitrogen and oxygen atoms in total. The van der Waals surface area contributed by atoms with Crippen LogP contribution in [0.1, 0.15) is 34.7 Å². The molecule has 2 heterocycles. The van der Waals surface area contributed by atoms with Crippen molar-refractivity contribution < 1.29 is 14.1 Å². The fourth-order valence-electron chi connectivity index (χ4n) is 4.76. The molecular weight excluding hydrogens is 514 g/mol. The van der Waals surface area contributed by atoms with Gasteiger partial charge < -0.3 is 15.2 Å². The lowest BCUT2D eigenvalue weighted by atomic mass is 9.96. The van der Waals surface area contributed by atoms with Gasteiger partial charge in [0.05, 0.1) is 28.7 Å². The molecule has 1 aromatic heterocycles. The number of piperidine rings is 1. The summed E-state index contributed by atoms with van der Waals surface area (Å²) in [6, 6.07) is 24.5. The Kier molecular flexibility index (Phi) is 8.65. The van der Waals surface area contributed by atoms with Gasteiger partial charge in [0.25, 0.3) is 5.91 Å². The summed E-state index contributed by atoms with van der Waals surface area (Å²) in [6.45, 7) is 2.34. The monoisotopic (exact) mass is 543 g/mol. The molecule has 0 radical (unpaired) electrons. The van der Waals surface area contributed by atoms with Crippen molar-refractivity contribution in [3.63, 3.8) is 0 Å². The molecule has 0 saturated carbocycles. The van der Waals surface area contributed by atoms with Crippen molar-refractivity contribution in [2.24, 2.45) is 5.92 Å². The maximum absolute atomic E-state index is 13.2. The number of hydrogen-bond acceptors (Lipinski definition) is 6. The van der Waals surface area contributed by atoms with Crippen molar-refractivity contribution in [3.05, 3.63) is 101 Å². The minimum Gasteiger partial charge on any atom is -0.352 e. The van der Waals surface area contributed by atoms with E-state index >= 15 is 0 Å². The average molecular weight is 544 g/mol. The molecular formula is C30H30ClN5O3. The van der Waals surface area contributed by atoms with E-state index in [9.17, 15) is 9.59 Å². The number of anilines is 1. The van der Waals surface area contributed by atoms with E-state index in [1.165, 1.54) is 0 Å². The van der Waals surface area contributed by atoms with E-state index in [1.54, 1.807) is 24.3 Å². The third-order valence-corrected chi connectivity index (χ3v) is 7.12. The number of hydrogen-bond donors (Lipinski definition) is 2. The van der Waals surface area contributed by atoms with E-state index in [0.29, 0.717) is 53.2 Å². The quantitative estimate of drug-likeness (QED) is 0.300. The highest BCUT2D eigenvalue weighted by Crippen LogP contribution is 2.26. The van der Waals surface area contributed by atoms with Gasteiger partial charge in [0, 0.05) is 18.7 Å². The predicted octanol–water partition coefficient (Wildman–Crippen LogP) is 5.21. The fraction of sp³-hybridized carbons (Fsp3) is 0.267. The number of amides is 2. The topological polar surface area (TPSA) is 100 Å². The van der Waals surface area contributed by atoms with Gasteiger partial charge in [-0.2, -0.15) is 4.98 Å². The highest BCUT2D eigenvalue weighted by molar-refractivity contribution is 6.33. The summed E-state index contributed by atoms with van der Waals surface area (Å²) in [5, 5.41) is 10.6. The highest BCUT2D eigenvalue weighted by atomic mass is 35.5. The Labute approximate surface area is 232 Å². The Morgan fingerprint density at radius 1 is 1.00 bits per heavy atom. The Hall–Kier alpha value is -4.01. The summed E-state index contributed by atoms with van der Waals surface area (Å²) in [5.74, 6) is 0.382. The normalized spacial score (nSPS) is 15.6. The third-order valence-electron chi connectivity index (χ3n) is 6.79. The van der Waals surface area contributed by atoms with Crippen LogP contribution in [0.15, 0.2) is 83.4 Å². The summed E-state index contributed by atoms with van der Waals surface area (Å²) >= 11 is 6.26. The van der Waals surface area contributed by atoms with E-state index in [2.05, 4.69) is 25.7 Å². The number of likely N-dealkylation sites (tertiary alicyclic amines) is 1. The number of carbonyl (C=O) groups excluding carboxylic acids is 2. The molecule has 1 fully saturated rings. The Balaban J connectivity index is 1.17. The van der Waals surface area contributed by atoms with E-state index in [0.717, 1.165) is 31.4 Å². The maximum atomic E-state index is 13.2. The van der Waals surface area contributed by atoms with E-state index in [4.69, 9.17) is 16.1 Å². The number of para-hydroxylation sites is 1. The SMILES string of the molecule is O=C(NCCc1ccccc1)c1ccccc1NC(=O)C1CCCN(Cc2nc(-c3ccccc3Cl)no2)C1. The number of nitrogens with zero attached hydrogens (tertiary/aromatic N) is 3. The minimum absolute atomic E-state index is 0.105. The van der Waals surface area contributed by atoms with Gasteiger partial charge in [-0.3, -0.25) is 14.5 Å². The van der Waals surface area contributed by atoms with E-state index < -0.39 is 0 Å². The van der Waals surface area contributed by atoms with Gasteiger partial charge in [0.15, 0.2) is 0 Å². The molecule has 9 heteroatoms. The second-order valence-electron chi connectivity index (χ2n) is 9.59. The third kappa shape index (κ3) is 6.90.